The maximum absolute atomic E-state index is 10.5. The third kappa shape index (κ3) is 3.66. The van der Waals surface area contributed by atoms with Gasteiger partial charge in [-0.15, -0.1) is 0 Å². The maximum atomic E-state index is 10.5. The van der Waals surface area contributed by atoms with Crippen molar-refractivity contribution in [2.75, 3.05) is 26.3 Å². The van der Waals surface area contributed by atoms with E-state index >= 15 is 0 Å². The number of aliphatic hydroxyl groups excluding tert-OH is 2. The van der Waals surface area contributed by atoms with E-state index in [2.05, 4.69) is 0 Å². The maximum Gasteiger partial charge on any atom is 0.355 e. The molecule has 0 aromatic rings. The summed E-state index contributed by atoms with van der Waals surface area (Å²) in [5.74, 6) is -1.43. The van der Waals surface area contributed by atoms with Crippen molar-refractivity contribution in [1.82, 2.24) is 4.90 Å². The highest BCUT2D eigenvalue weighted by atomic mass is 35.5. The molecule has 0 fully saturated rings. The fraction of sp³-hybridized carbons (Fsp3) is 0.833. The number of nitrogens with zero attached hydrogens (tertiary/aromatic N) is 1. The van der Waals surface area contributed by atoms with Gasteiger partial charge < -0.3 is 15.3 Å². The first-order valence-corrected chi connectivity index (χ1v) is 4.30. The monoisotopic (exact) mass is 231 g/mol. The van der Waals surface area contributed by atoms with Crippen molar-refractivity contribution < 1.29 is 20.1 Å². The van der Waals surface area contributed by atoms with Crippen LogP contribution in [0.5, 0.6) is 0 Å². The molecule has 0 aliphatic rings. The summed E-state index contributed by atoms with van der Waals surface area (Å²) in [4.78, 5) is 11.6. The molecule has 0 rings (SSSR count). The number of halogens is 2. The Kier molecular flexibility index (Phi) is 5.59. The summed E-state index contributed by atoms with van der Waals surface area (Å²) in [6.07, 6.45) is 0. The summed E-state index contributed by atoms with van der Waals surface area (Å²) < 4.78 is -2.11. The molecule has 0 aliphatic heterocycles. The van der Waals surface area contributed by atoms with Crippen LogP contribution in [0.4, 0.5) is 0 Å². The van der Waals surface area contributed by atoms with Gasteiger partial charge in [0.25, 0.3) is 4.46 Å². The molecule has 0 unspecified atom stereocenters. The number of hydrogen-bond donors (Lipinski definition) is 3. The van der Waals surface area contributed by atoms with Gasteiger partial charge in [-0.3, -0.25) is 4.90 Å². The summed E-state index contributed by atoms with van der Waals surface area (Å²) in [5, 5.41) is 25.7. The molecule has 7 heteroatoms. The third-order valence-corrected chi connectivity index (χ3v) is 2.20. The highest BCUT2D eigenvalue weighted by Crippen LogP contribution is 2.25. The number of aliphatic hydroxyl groups is 2. The number of carboxylic acids is 1. The molecule has 0 aliphatic carbocycles. The lowest BCUT2D eigenvalue weighted by Crippen LogP contribution is -2.48. The van der Waals surface area contributed by atoms with Gasteiger partial charge in [0.15, 0.2) is 0 Å². The quantitative estimate of drug-likeness (QED) is 0.424. The second-order valence-electron chi connectivity index (χ2n) is 2.28. The molecule has 0 radical (unpaired) electrons. The molecular formula is C6H11Cl2NO4. The van der Waals surface area contributed by atoms with Crippen LogP contribution in [-0.2, 0) is 4.79 Å². The number of carbonyl (C=O) groups is 1. The molecule has 0 amide bonds. The van der Waals surface area contributed by atoms with Crippen LogP contribution in [0, 0.1) is 0 Å². The van der Waals surface area contributed by atoms with Gasteiger partial charge in [0, 0.05) is 13.1 Å². The largest absolute Gasteiger partial charge is 0.478 e. The van der Waals surface area contributed by atoms with Crippen LogP contribution in [0.15, 0.2) is 0 Å². The van der Waals surface area contributed by atoms with Gasteiger partial charge in [-0.1, -0.05) is 23.2 Å². The van der Waals surface area contributed by atoms with Crippen LogP contribution < -0.4 is 0 Å². The summed E-state index contributed by atoms with van der Waals surface area (Å²) >= 11 is 10.9. The van der Waals surface area contributed by atoms with Gasteiger partial charge in [-0.05, 0) is 0 Å². The Bertz CT molecular complexity index is 170. The Hall–Kier alpha value is -0.0700. The van der Waals surface area contributed by atoms with E-state index in [1.54, 1.807) is 0 Å². The fourth-order valence-corrected chi connectivity index (χ4v) is 1.11. The van der Waals surface area contributed by atoms with Crippen LogP contribution >= 0.6 is 23.2 Å². The average molecular weight is 232 g/mol. The first-order chi connectivity index (χ1) is 5.96. The standard InChI is InChI=1S/C6H11Cl2NO4/c7-6(8,5(12)13)9(1-3-10)2-4-11/h10-11H,1-4H2,(H,12,13). The lowest BCUT2D eigenvalue weighted by Gasteiger charge is -2.29. The predicted octanol–water partition coefficient (Wildman–Crippen LogP) is -0.511. The van der Waals surface area contributed by atoms with Crippen molar-refractivity contribution in [2.24, 2.45) is 0 Å². The first kappa shape index (κ1) is 12.9. The van der Waals surface area contributed by atoms with Gasteiger partial charge in [-0.2, -0.15) is 0 Å². The zero-order chi connectivity index (χ0) is 10.5. The van der Waals surface area contributed by atoms with Gasteiger partial charge >= 0.3 is 5.97 Å². The van der Waals surface area contributed by atoms with E-state index < -0.39 is 10.4 Å². The molecule has 78 valence electrons. The summed E-state index contributed by atoms with van der Waals surface area (Å²) in [5.41, 5.74) is 0. The minimum Gasteiger partial charge on any atom is -0.478 e. The van der Waals surface area contributed by atoms with Crippen LogP contribution in [-0.4, -0.2) is 56.9 Å². The lowest BCUT2D eigenvalue weighted by molar-refractivity contribution is -0.142. The molecule has 0 bridgehead atoms. The van der Waals surface area contributed by atoms with Gasteiger partial charge in [0.05, 0.1) is 13.2 Å². The topological polar surface area (TPSA) is 81.0 Å². The zero-order valence-corrected chi connectivity index (χ0v) is 8.29. The Morgan fingerprint density at radius 3 is 1.85 bits per heavy atom. The first-order valence-electron chi connectivity index (χ1n) is 3.54. The number of hydrogen-bond acceptors (Lipinski definition) is 4. The molecule has 3 N–H and O–H groups in total. The Morgan fingerprint density at radius 1 is 1.23 bits per heavy atom. The second kappa shape index (κ2) is 5.62. The molecule has 13 heavy (non-hydrogen) atoms. The van der Waals surface area contributed by atoms with E-state index in [0.29, 0.717) is 0 Å². The molecule has 0 aromatic carbocycles. The fourth-order valence-electron chi connectivity index (χ4n) is 0.769. The SMILES string of the molecule is O=C(O)C(Cl)(Cl)N(CCO)CCO. The van der Waals surface area contributed by atoms with Gasteiger partial charge in [-0.25, -0.2) is 4.79 Å². The summed E-state index contributed by atoms with van der Waals surface area (Å²) in [7, 11) is 0. The van der Waals surface area contributed by atoms with Crippen molar-refractivity contribution in [2.45, 2.75) is 4.46 Å². The molecule has 0 spiro atoms. The minimum absolute atomic E-state index is 0.0140. The van der Waals surface area contributed by atoms with E-state index in [0.717, 1.165) is 4.90 Å². The second-order valence-corrected chi connectivity index (χ2v) is 3.57. The summed E-state index contributed by atoms with van der Waals surface area (Å²) in [6, 6.07) is 0. The zero-order valence-electron chi connectivity index (χ0n) is 6.78. The van der Waals surface area contributed by atoms with E-state index in [1.807, 2.05) is 0 Å². The number of alkyl halides is 2. The molecule has 0 atom stereocenters. The highest BCUT2D eigenvalue weighted by Gasteiger charge is 2.39. The Labute approximate surface area is 85.5 Å². The van der Waals surface area contributed by atoms with Crippen molar-refractivity contribution in [1.29, 1.82) is 0 Å². The number of aliphatic carboxylic acids is 1. The van der Waals surface area contributed by atoms with E-state index in [-0.39, 0.29) is 26.3 Å². The molecule has 0 aromatic heterocycles. The molecule has 5 nitrogen and oxygen atoms in total. The van der Waals surface area contributed by atoms with Crippen molar-refractivity contribution in [3.8, 4) is 0 Å². The smallest absolute Gasteiger partial charge is 0.355 e. The van der Waals surface area contributed by atoms with E-state index in [9.17, 15) is 4.79 Å². The average Bonchev–Trinajstić information content (AvgIpc) is 2.03. The Morgan fingerprint density at radius 2 is 1.62 bits per heavy atom. The molecule has 0 saturated carbocycles. The van der Waals surface area contributed by atoms with Crippen molar-refractivity contribution >= 4 is 29.2 Å². The molecule has 0 heterocycles. The molecular weight excluding hydrogens is 221 g/mol. The third-order valence-electron chi connectivity index (χ3n) is 1.39. The van der Waals surface area contributed by atoms with Crippen LogP contribution in [0.3, 0.4) is 0 Å². The predicted molar refractivity (Wildman–Crippen MR) is 47.8 cm³/mol. The molecule has 0 saturated heterocycles. The van der Waals surface area contributed by atoms with E-state index in [1.165, 1.54) is 0 Å². The summed E-state index contributed by atoms with van der Waals surface area (Å²) in [6.45, 7) is -0.595. The highest BCUT2D eigenvalue weighted by molar-refractivity contribution is 6.56. The number of rotatable bonds is 6. The number of carboxylic acid groups (broad SMARTS) is 1. The van der Waals surface area contributed by atoms with E-state index in [4.69, 9.17) is 38.5 Å². The van der Waals surface area contributed by atoms with Gasteiger partial charge in [0.1, 0.15) is 0 Å². The Balaban J connectivity index is 4.41. The normalized spacial score (nSPS) is 12.1. The van der Waals surface area contributed by atoms with Crippen molar-refractivity contribution in [3.63, 3.8) is 0 Å². The van der Waals surface area contributed by atoms with Crippen LogP contribution in [0.2, 0.25) is 0 Å². The van der Waals surface area contributed by atoms with Crippen LogP contribution in [0.25, 0.3) is 0 Å². The lowest BCUT2D eigenvalue weighted by atomic mass is 10.4. The minimum atomic E-state index is -2.11. The van der Waals surface area contributed by atoms with Crippen molar-refractivity contribution in [3.05, 3.63) is 0 Å². The van der Waals surface area contributed by atoms with Crippen LogP contribution in [0.1, 0.15) is 0 Å². The van der Waals surface area contributed by atoms with Gasteiger partial charge in [0.2, 0.25) is 0 Å².